The van der Waals surface area contributed by atoms with E-state index in [1.54, 1.807) is 6.33 Å². The summed E-state index contributed by atoms with van der Waals surface area (Å²) >= 11 is 0. The topological polar surface area (TPSA) is 29.0 Å². The molecule has 1 saturated carbocycles. The van der Waals surface area contributed by atoms with Crippen molar-refractivity contribution >= 4 is 0 Å². The number of hydrogen-bond acceptors (Lipinski definition) is 3. The average molecular weight is 231 g/mol. The zero-order chi connectivity index (χ0) is 11.5. The minimum Gasteiger partial charge on any atom is -0.300 e. The van der Waals surface area contributed by atoms with E-state index in [2.05, 4.69) is 20.9 Å². The fourth-order valence-corrected chi connectivity index (χ4v) is 3.39. The van der Waals surface area contributed by atoms with Crippen LogP contribution >= 0.6 is 0 Å². The summed E-state index contributed by atoms with van der Waals surface area (Å²) in [7, 11) is 0. The molecule has 1 aromatic heterocycles. The molecule has 3 heteroatoms. The van der Waals surface area contributed by atoms with E-state index in [0.29, 0.717) is 5.92 Å². The van der Waals surface area contributed by atoms with E-state index >= 15 is 0 Å². The van der Waals surface area contributed by atoms with Gasteiger partial charge in [0.2, 0.25) is 0 Å². The molecule has 0 radical (unpaired) electrons. The van der Waals surface area contributed by atoms with Crippen LogP contribution in [-0.4, -0.2) is 34.0 Å². The van der Waals surface area contributed by atoms with Crippen LogP contribution in [0.4, 0.5) is 0 Å². The van der Waals surface area contributed by atoms with Gasteiger partial charge in [-0.3, -0.25) is 4.90 Å². The second kappa shape index (κ2) is 5.13. The van der Waals surface area contributed by atoms with Gasteiger partial charge in [0.05, 0.1) is 0 Å². The zero-order valence-electron chi connectivity index (χ0n) is 10.4. The van der Waals surface area contributed by atoms with Gasteiger partial charge in [0.1, 0.15) is 6.33 Å². The highest BCUT2D eigenvalue weighted by Gasteiger charge is 2.28. The lowest BCUT2D eigenvalue weighted by Gasteiger charge is -2.36. The molecule has 0 N–H and O–H groups in total. The summed E-state index contributed by atoms with van der Waals surface area (Å²) in [5, 5.41) is 0. The van der Waals surface area contributed by atoms with Crippen molar-refractivity contribution in [2.45, 2.75) is 50.5 Å². The molecule has 0 unspecified atom stereocenters. The van der Waals surface area contributed by atoms with Gasteiger partial charge in [-0.05, 0) is 38.3 Å². The normalized spacial score (nSPS) is 27.4. The Kier molecular flexibility index (Phi) is 3.36. The van der Waals surface area contributed by atoms with Gasteiger partial charge in [-0.15, -0.1) is 0 Å². The molecule has 2 heterocycles. The number of likely N-dealkylation sites (tertiary alicyclic amines) is 1. The van der Waals surface area contributed by atoms with E-state index in [1.807, 2.05) is 6.20 Å². The fourth-order valence-electron chi connectivity index (χ4n) is 3.39. The molecule has 2 aliphatic rings. The van der Waals surface area contributed by atoms with E-state index in [0.717, 1.165) is 6.04 Å². The van der Waals surface area contributed by atoms with E-state index in [4.69, 9.17) is 0 Å². The molecular formula is C14H21N3. The average Bonchev–Trinajstić information content (AvgIpc) is 2.94. The van der Waals surface area contributed by atoms with Crippen LogP contribution < -0.4 is 0 Å². The lowest BCUT2D eigenvalue weighted by atomic mass is 9.93. The maximum absolute atomic E-state index is 4.43. The van der Waals surface area contributed by atoms with Gasteiger partial charge in [-0.25, -0.2) is 9.97 Å². The lowest BCUT2D eigenvalue weighted by Crippen LogP contribution is -2.40. The molecular weight excluding hydrogens is 210 g/mol. The van der Waals surface area contributed by atoms with Crippen molar-refractivity contribution in [2.75, 3.05) is 13.1 Å². The Morgan fingerprint density at radius 2 is 2.00 bits per heavy atom. The Labute approximate surface area is 103 Å². The van der Waals surface area contributed by atoms with Crippen molar-refractivity contribution < 1.29 is 0 Å². The first kappa shape index (κ1) is 11.1. The van der Waals surface area contributed by atoms with Gasteiger partial charge >= 0.3 is 0 Å². The summed E-state index contributed by atoms with van der Waals surface area (Å²) in [4.78, 5) is 11.1. The number of piperidine rings is 1. The van der Waals surface area contributed by atoms with Crippen LogP contribution in [-0.2, 0) is 0 Å². The van der Waals surface area contributed by atoms with E-state index < -0.39 is 0 Å². The van der Waals surface area contributed by atoms with Crippen molar-refractivity contribution in [1.29, 1.82) is 0 Å². The third kappa shape index (κ3) is 2.49. The van der Waals surface area contributed by atoms with Crippen molar-refractivity contribution in [3.05, 3.63) is 24.3 Å². The molecule has 1 aromatic rings. The van der Waals surface area contributed by atoms with Gasteiger partial charge in [0, 0.05) is 30.4 Å². The van der Waals surface area contributed by atoms with Gasteiger partial charge < -0.3 is 0 Å². The summed E-state index contributed by atoms with van der Waals surface area (Å²) in [5.74, 6) is 0.632. The number of hydrogen-bond donors (Lipinski definition) is 0. The standard InChI is InChI=1S/C14H21N3/c1-2-6-13(5-1)17-9-3-4-12(10-17)14-7-8-15-11-16-14/h7-8,11-13H,1-6,9-10H2/t12-/m1/s1. The minimum atomic E-state index is 0.632. The Bertz CT molecular complexity index is 346. The van der Waals surface area contributed by atoms with E-state index in [9.17, 15) is 0 Å². The Hall–Kier alpha value is -0.960. The molecule has 1 atom stereocenters. The molecule has 0 spiro atoms. The van der Waals surface area contributed by atoms with Gasteiger partial charge in [0.25, 0.3) is 0 Å². The quantitative estimate of drug-likeness (QED) is 0.783. The Morgan fingerprint density at radius 3 is 2.76 bits per heavy atom. The predicted molar refractivity (Wildman–Crippen MR) is 67.8 cm³/mol. The molecule has 0 amide bonds. The largest absolute Gasteiger partial charge is 0.300 e. The summed E-state index contributed by atoms with van der Waals surface area (Å²) < 4.78 is 0. The fraction of sp³-hybridized carbons (Fsp3) is 0.714. The number of nitrogens with zero attached hydrogens (tertiary/aromatic N) is 3. The first-order valence-corrected chi connectivity index (χ1v) is 6.93. The first-order valence-electron chi connectivity index (χ1n) is 6.93. The van der Waals surface area contributed by atoms with Crippen LogP contribution in [0.5, 0.6) is 0 Å². The minimum absolute atomic E-state index is 0.632. The monoisotopic (exact) mass is 231 g/mol. The Balaban J connectivity index is 1.67. The molecule has 3 nitrogen and oxygen atoms in total. The number of rotatable bonds is 2. The van der Waals surface area contributed by atoms with Crippen LogP contribution in [0, 0.1) is 0 Å². The van der Waals surface area contributed by atoms with E-state index in [1.165, 1.54) is 57.3 Å². The highest BCUT2D eigenvalue weighted by molar-refractivity contribution is 5.08. The molecule has 92 valence electrons. The molecule has 17 heavy (non-hydrogen) atoms. The SMILES string of the molecule is c1cc([C@@H]2CCCN(C3CCCC3)C2)ncn1. The summed E-state index contributed by atoms with van der Waals surface area (Å²) in [6.07, 6.45) is 11.9. The van der Waals surface area contributed by atoms with Crippen molar-refractivity contribution in [3.63, 3.8) is 0 Å². The maximum Gasteiger partial charge on any atom is 0.115 e. The van der Waals surface area contributed by atoms with Gasteiger partial charge in [-0.2, -0.15) is 0 Å². The van der Waals surface area contributed by atoms with Crippen LogP contribution in [0.15, 0.2) is 18.6 Å². The lowest BCUT2D eigenvalue weighted by molar-refractivity contribution is 0.149. The first-order chi connectivity index (χ1) is 8.43. The van der Waals surface area contributed by atoms with Crippen LogP contribution in [0.3, 0.4) is 0 Å². The summed E-state index contributed by atoms with van der Waals surface area (Å²) in [6, 6.07) is 2.95. The maximum atomic E-state index is 4.43. The summed E-state index contributed by atoms with van der Waals surface area (Å²) in [5.41, 5.74) is 1.24. The molecule has 1 aliphatic carbocycles. The second-order valence-corrected chi connectivity index (χ2v) is 5.41. The number of aromatic nitrogens is 2. The molecule has 2 fully saturated rings. The molecule has 1 aliphatic heterocycles. The van der Waals surface area contributed by atoms with Gasteiger partial charge in [0.15, 0.2) is 0 Å². The van der Waals surface area contributed by atoms with Crippen LogP contribution in [0.1, 0.15) is 50.1 Å². The highest BCUT2D eigenvalue weighted by Crippen LogP contribution is 2.31. The smallest absolute Gasteiger partial charge is 0.115 e. The van der Waals surface area contributed by atoms with Crippen molar-refractivity contribution in [1.82, 2.24) is 14.9 Å². The highest BCUT2D eigenvalue weighted by atomic mass is 15.2. The van der Waals surface area contributed by atoms with Gasteiger partial charge in [-0.1, -0.05) is 12.8 Å². The van der Waals surface area contributed by atoms with Crippen LogP contribution in [0.25, 0.3) is 0 Å². The van der Waals surface area contributed by atoms with Crippen LogP contribution in [0.2, 0.25) is 0 Å². The van der Waals surface area contributed by atoms with E-state index in [-0.39, 0.29) is 0 Å². The third-order valence-electron chi connectivity index (χ3n) is 4.32. The zero-order valence-corrected chi connectivity index (χ0v) is 10.4. The molecule has 1 saturated heterocycles. The van der Waals surface area contributed by atoms with Crippen molar-refractivity contribution in [2.24, 2.45) is 0 Å². The Morgan fingerprint density at radius 1 is 1.12 bits per heavy atom. The predicted octanol–water partition coefficient (Wildman–Crippen LogP) is 2.60. The summed E-state index contributed by atoms with van der Waals surface area (Å²) in [6.45, 7) is 2.51. The molecule has 0 aromatic carbocycles. The second-order valence-electron chi connectivity index (χ2n) is 5.41. The third-order valence-corrected chi connectivity index (χ3v) is 4.32. The molecule has 0 bridgehead atoms. The molecule has 3 rings (SSSR count). The van der Waals surface area contributed by atoms with Crippen molar-refractivity contribution in [3.8, 4) is 0 Å².